The van der Waals surface area contributed by atoms with Crippen LogP contribution in [0, 0.1) is 20.8 Å². The molecule has 0 saturated heterocycles. The van der Waals surface area contributed by atoms with Crippen LogP contribution in [0.1, 0.15) is 21.8 Å². The third kappa shape index (κ3) is 3.53. The fourth-order valence-electron chi connectivity index (χ4n) is 3.50. The summed E-state index contributed by atoms with van der Waals surface area (Å²) in [7, 11) is 0. The van der Waals surface area contributed by atoms with Gasteiger partial charge in [-0.15, -0.1) is 11.3 Å². The lowest BCUT2D eigenvalue weighted by Gasteiger charge is -2.12. The quantitative estimate of drug-likeness (QED) is 0.317. The largest absolute Gasteiger partial charge is 0.309 e. The molecule has 5 aromatic rings. The Balaban J connectivity index is 1.60. The van der Waals surface area contributed by atoms with E-state index >= 15 is 0 Å². The lowest BCUT2D eigenvalue weighted by molar-refractivity contribution is 0.793. The van der Waals surface area contributed by atoms with Crippen LogP contribution in [-0.2, 0) is 5.75 Å². The first kappa shape index (κ1) is 20.6. The maximum atomic E-state index is 13.3. The van der Waals surface area contributed by atoms with E-state index in [0.717, 1.165) is 20.8 Å². The summed E-state index contributed by atoms with van der Waals surface area (Å²) in [5.74, 6) is 1.40. The number of aromatic amines is 1. The number of hydrogen-bond donors (Lipinski definition) is 1. The van der Waals surface area contributed by atoms with Crippen molar-refractivity contribution in [2.45, 2.75) is 31.7 Å². The van der Waals surface area contributed by atoms with Crippen molar-refractivity contribution in [3.63, 3.8) is 0 Å². The van der Waals surface area contributed by atoms with E-state index in [9.17, 15) is 9.59 Å². The lowest BCUT2D eigenvalue weighted by atomic mass is 10.2. The van der Waals surface area contributed by atoms with Crippen molar-refractivity contribution in [1.29, 1.82) is 0 Å². The topological polar surface area (TPSA) is 93.5 Å². The van der Waals surface area contributed by atoms with Gasteiger partial charge in [-0.25, -0.2) is 19.5 Å². The van der Waals surface area contributed by atoms with Crippen LogP contribution >= 0.6 is 23.1 Å². The van der Waals surface area contributed by atoms with E-state index < -0.39 is 0 Å². The summed E-state index contributed by atoms with van der Waals surface area (Å²) in [6.07, 6.45) is 1.72. The Morgan fingerprint density at radius 3 is 2.66 bits per heavy atom. The van der Waals surface area contributed by atoms with Gasteiger partial charge in [0.05, 0.1) is 22.0 Å². The molecule has 160 valence electrons. The number of nitrogens with zero attached hydrogens (tertiary/aromatic N) is 4. The fraction of sp³-hybridized carbons (Fsp3) is 0.174. The van der Waals surface area contributed by atoms with Crippen molar-refractivity contribution < 1.29 is 0 Å². The molecule has 4 heterocycles. The van der Waals surface area contributed by atoms with Crippen molar-refractivity contribution >= 4 is 44.2 Å². The third-order valence-corrected chi connectivity index (χ3v) is 7.35. The maximum absolute atomic E-state index is 13.3. The van der Waals surface area contributed by atoms with Gasteiger partial charge in [0.2, 0.25) is 0 Å². The molecule has 7 nitrogen and oxygen atoms in total. The molecule has 1 N–H and O–H groups in total. The van der Waals surface area contributed by atoms with E-state index in [1.165, 1.54) is 27.7 Å². The zero-order valence-corrected chi connectivity index (χ0v) is 19.3. The predicted molar refractivity (Wildman–Crippen MR) is 129 cm³/mol. The molecule has 5 rings (SSSR count). The standard InChI is InChI=1S/C23H19N5O2S2/c1-12-8-9-18(24-10-12)28-22(30)15-6-4-5-7-16(15)25-23(28)31-11-17-26-20(29)19-13(2)14(3)32-21(19)27-17/h4-10H,11H2,1-3H3,(H,26,27,29). The van der Waals surface area contributed by atoms with Crippen molar-refractivity contribution in [3.8, 4) is 5.82 Å². The molecule has 4 aromatic heterocycles. The Kier molecular flexibility index (Phi) is 5.15. The van der Waals surface area contributed by atoms with Crippen molar-refractivity contribution in [1.82, 2.24) is 24.5 Å². The first-order chi connectivity index (χ1) is 15.4. The Morgan fingerprint density at radius 2 is 1.88 bits per heavy atom. The highest BCUT2D eigenvalue weighted by atomic mass is 32.2. The number of benzene rings is 1. The summed E-state index contributed by atoms with van der Waals surface area (Å²) >= 11 is 2.85. The first-order valence-corrected chi connectivity index (χ1v) is 11.8. The van der Waals surface area contributed by atoms with E-state index in [1.54, 1.807) is 18.3 Å². The Labute approximate surface area is 191 Å². The molecular formula is C23H19N5O2S2. The number of nitrogens with one attached hydrogen (secondary N) is 1. The molecule has 0 saturated carbocycles. The molecule has 0 aliphatic carbocycles. The second kappa shape index (κ2) is 7.99. The van der Waals surface area contributed by atoms with E-state index in [-0.39, 0.29) is 11.1 Å². The monoisotopic (exact) mass is 461 g/mol. The molecule has 0 bridgehead atoms. The number of thioether (sulfide) groups is 1. The van der Waals surface area contributed by atoms with Crippen LogP contribution in [-0.4, -0.2) is 24.5 Å². The second-order valence-corrected chi connectivity index (χ2v) is 9.66. The molecule has 1 aromatic carbocycles. The van der Waals surface area contributed by atoms with Crippen LogP contribution < -0.4 is 11.1 Å². The number of rotatable bonds is 4. The number of para-hydroxylation sites is 1. The van der Waals surface area contributed by atoms with E-state index in [4.69, 9.17) is 4.98 Å². The highest BCUT2D eigenvalue weighted by molar-refractivity contribution is 7.98. The van der Waals surface area contributed by atoms with Gasteiger partial charge in [0, 0.05) is 11.1 Å². The third-order valence-electron chi connectivity index (χ3n) is 5.30. The second-order valence-electron chi connectivity index (χ2n) is 7.51. The SMILES string of the molecule is Cc1ccc(-n2c(SCc3nc4sc(C)c(C)c4c(=O)[nH]3)nc3ccccc3c2=O)nc1. The average molecular weight is 462 g/mol. The molecule has 0 unspecified atom stereocenters. The molecule has 32 heavy (non-hydrogen) atoms. The van der Waals surface area contributed by atoms with Crippen LogP contribution in [0.25, 0.3) is 26.9 Å². The van der Waals surface area contributed by atoms with E-state index in [1.807, 2.05) is 45.0 Å². The summed E-state index contributed by atoms with van der Waals surface area (Å²) in [6.45, 7) is 5.87. The molecular weight excluding hydrogens is 442 g/mol. The minimum absolute atomic E-state index is 0.142. The number of pyridine rings is 1. The Bertz CT molecular complexity index is 1600. The zero-order chi connectivity index (χ0) is 22.4. The van der Waals surface area contributed by atoms with Crippen molar-refractivity contribution in [2.75, 3.05) is 0 Å². The predicted octanol–water partition coefficient (Wildman–Crippen LogP) is 4.30. The van der Waals surface area contributed by atoms with Crippen molar-refractivity contribution in [2.24, 2.45) is 0 Å². The molecule has 0 atom stereocenters. The minimum atomic E-state index is -0.184. The first-order valence-electron chi connectivity index (χ1n) is 9.99. The van der Waals surface area contributed by atoms with Gasteiger partial charge in [-0.05, 0) is 50.1 Å². The fourth-order valence-corrected chi connectivity index (χ4v) is 5.42. The highest BCUT2D eigenvalue weighted by Crippen LogP contribution is 2.27. The molecule has 9 heteroatoms. The number of thiophene rings is 1. The lowest BCUT2D eigenvalue weighted by Crippen LogP contribution is -2.22. The molecule has 0 radical (unpaired) electrons. The number of aryl methyl sites for hydroxylation is 3. The number of hydrogen-bond acceptors (Lipinski definition) is 7. The summed E-state index contributed by atoms with van der Waals surface area (Å²) in [4.78, 5) is 44.4. The summed E-state index contributed by atoms with van der Waals surface area (Å²) in [5.41, 5.74) is 2.26. The van der Waals surface area contributed by atoms with Crippen LogP contribution in [0.4, 0.5) is 0 Å². The number of aromatic nitrogens is 5. The van der Waals surface area contributed by atoms with Crippen LogP contribution in [0.5, 0.6) is 0 Å². The number of H-pyrrole nitrogens is 1. The average Bonchev–Trinajstić information content (AvgIpc) is 3.07. The van der Waals surface area contributed by atoms with Gasteiger partial charge in [-0.3, -0.25) is 9.59 Å². The van der Waals surface area contributed by atoms with E-state index in [2.05, 4.69) is 15.0 Å². The van der Waals surface area contributed by atoms with Gasteiger partial charge >= 0.3 is 0 Å². The summed E-state index contributed by atoms with van der Waals surface area (Å²) in [6, 6.07) is 11.0. The van der Waals surface area contributed by atoms with Crippen LogP contribution in [0.2, 0.25) is 0 Å². The van der Waals surface area contributed by atoms with Gasteiger partial charge in [0.25, 0.3) is 11.1 Å². The molecule has 0 aliphatic rings. The Morgan fingerprint density at radius 1 is 1.06 bits per heavy atom. The van der Waals surface area contributed by atoms with Gasteiger partial charge < -0.3 is 4.98 Å². The number of fused-ring (bicyclic) bond motifs is 2. The molecule has 0 aliphatic heterocycles. The van der Waals surface area contributed by atoms with Gasteiger partial charge in [-0.1, -0.05) is 30.0 Å². The smallest absolute Gasteiger partial charge is 0.267 e. The van der Waals surface area contributed by atoms with Crippen molar-refractivity contribution in [3.05, 3.63) is 85.1 Å². The maximum Gasteiger partial charge on any atom is 0.267 e. The molecule has 0 fully saturated rings. The van der Waals surface area contributed by atoms with Gasteiger partial charge in [0.15, 0.2) is 5.16 Å². The Hall–Kier alpha value is -3.30. The van der Waals surface area contributed by atoms with Crippen LogP contribution in [0.3, 0.4) is 0 Å². The van der Waals surface area contributed by atoms with Crippen LogP contribution in [0.15, 0.2) is 57.3 Å². The molecule has 0 spiro atoms. The van der Waals surface area contributed by atoms with Gasteiger partial charge in [-0.2, -0.15) is 0 Å². The summed E-state index contributed by atoms with van der Waals surface area (Å²) < 4.78 is 1.52. The highest BCUT2D eigenvalue weighted by Gasteiger charge is 2.16. The summed E-state index contributed by atoms with van der Waals surface area (Å²) in [5, 5.41) is 1.66. The minimum Gasteiger partial charge on any atom is -0.309 e. The van der Waals surface area contributed by atoms with E-state index in [0.29, 0.717) is 38.8 Å². The van der Waals surface area contributed by atoms with Gasteiger partial charge in [0.1, 0.15) is 16.5 Å². The molecule has 0 amide bonds. The zero-order valence-electron chi connectivity index (χ0n) is 17.7. The normalized spacial score (nSPS) is 11.5.